The molecule has 0 radical (unpaired) electrons. The van der Waals surface area contributed by atoms with Crippen LogP contribution in [0.2, 0.25) is 0 Å². The molecule has 0 spiro atoms. The summed E-state index contributed by atoms with van der Waals surface area (Å²) in [5.41, 5.74) is 5.27. The molecule has 0 aromatic rings. The average Bonchev–Trinajstić information content (AvgIpc) is 2.46. The molecule has 1 aliphatic rings. The van der Waals surface area contributed by atoms with Crippen molar-refractivity contribution in [2.24, 2.45) is 5.73 Å². The molecular weight excluding hydrogens is 339 g/mol. The highest BCUT2D eigenvalue weighted by Crippen LogP contribution is 2.30. The highest BCUT2D eigenvalue weighted by Gasteiger charge is 2.51. The summed E-state index contributed by atoms with van der Waals surface area (Å²) in [6.07, 6.45) is -2.82. The SMILES string of the molecule is C=CCOC1(C(N)=O)C[C@@H](O)[C@H](O)[C@@H](CNC(=O)C(Cl)Cl)O1. The van der Waals surface area contributed by atoms with Gasteiger partial charge in [0, 0.05) is 13.0 Å². The maximum atomic E-state index is 11.6. The lowest BCUT2D eigenvalue weighted by molar-refractivity contribution is -0.296. The predicted molar refractivity (Wildman–Crippen MR) is 78.1 cm³/mol. The van der Waals surface area contributed by atoms with Gasteiger partial charge in [0.15, 0.2) is 4.84 Å². The standard InChI is InChI=1S/C12H18Cl2N2O6/c1-2-3-21-12(11(15)20)4-6(17)8(18)7(22-12)5-16-10(19)9(13)14/h2,6-9,17-18H,1,3-5H2,(H2,15,20)(H,16,19)/t6-,7-,8+,12?/m1/s1. The van der Waals surface area contributed by atoms with Crippen molar-refractivity contribution in [2.75, 3.05) is 13.2 Å². The van der Waals surface area contributed by atoms with Gasteiger partial charge in [-0.2, -0.15) is 0 Å². The first-order chi connectivity index (χ1) is 10.2. The number of halogens is 2. The van der Waals surface area contributed by atoms with E-state index in [0.717, 1.165) is 0 Å². The Morgan fingerprint density at radius 2 is 2.18 bits per heavy atom. The van der Waals surface area contributed by atoms with Crippen LogP contribution in [0.5, 0.6) is 0 Å². The lowest BCUT2D eigenvalue weighted by Gasteiger charge is -2.43. The Kier molecular flexibility index (Phi) is 7.04. The van der Waals surface area contributed by atoms with Crippen LogP contribution in [-0.4, -0.2) is 64.1 Å². The topological polar surface area (TPSA) is 131 Å². The number of ether oxygens (including phenoxy) is 2. The van der Waals surface area contributed by atoms with Gasteiger partial charge < -0.3 is 30.7 Å². The van der Waals surface area contributed by atoms with E-state index in [0.29, 0.717) is 0 Å². The molecule has 126 valence electrons. The molecule has 1 fully saturated rings. The minimum atomic E-state index is -1.93. The monoisotopic (exact) mass is 356 g/mol. The quantitative estimate of drug-likeness (QED) is 0.334. The summed E-state index contributed by atoms with van der Waals surface area (Å²) in [4.78, 5) is 21.7. The van der Waals surface area contributed by atoms with Gasteiger partial charge in [-0.25, -0.2) is 0 Å². The number of carbonyl (C=O) groups excluding carboxylic acids is 2. The summed E-state index contributed by atoms with van der Waals surface area (Å²) in [5, 5.41) is 22.1. The molecule has 0 aliphatic carbocycles. The largest absolute Gasteiger partial charge is 0.390 e. The molecule has 1 aliphatic heterocycles. The number of aliphatic hydroxyl groups excluding tert-OH is 2. The molecule has 1 unspecified atom stereocenters. The Bertz CT molecular complexity index is 436. The van der Waals surface area contributed by atoms with Crippen molar-refractivity contribution < 1.29 is 29.3 Å². The lowest BCUT2D eigenvalue weighted by Crippen LogP contribution is -2.63. The fourth-order valence-electron chi connectivity index (χ4n) is 1.96. The van der Waals surface area contributed by atoms with E-state index in [1.165, 1.54) is 6.08 Å². The fourth-order valence-corrected chi connectivity index (χ4v) is 2.12. The molecule has 4 atom stereocenters. The van der Waals surface area contributed by atoms with Crippen molar-refractivity contribution in [2.45, 2.75) is 35.4 Å². The van der Waals surface area contributed by atoms with Crippen LogP contribution in [0.25, 0.3) is 0 Å². The van der Waals surface area contributed by atoms with Gasteiger partial charge in [0.2, 0.25) is 0 Å². The van der Waals surface area contributed by atoms with Crippen LogP contribution in [0.3, 0.4) is 0 Å². The van der Waals surface area contributed by atoms with Crippen molar-refractivity contribution in [1.82, 2.24) is 5.32 Å². The summed E-state index contributed by atoms with van der Waals surface area (Å²) in [6, 6.07) is 0. The number of aliphatic hydroxyl groups is 2. The van der Waals surface area contributed by atoms with Crippen molar-refractivity contribution in [3.63, 3.8) is 0 Å². The number of carbonyl (C=O) groups is 2. The normalized spacial score (nSPS) is 31.8. The number of alkyl halides is 2. The molecule has 0 saturated carbocycles. The van der Waals surface area contributed by atoms with Crippen molar-refractivity contribution in [3.8, 4) is 0 Å². The molecule has 1 heterocycles. The molecule has 8 nitrogen and oxygen atoms in total. The molecule has 0 aromatic carbocycles. The molecule has 5 N–H and O–H groups in total. The van der Waals surface area contributed by atoms with E-state index in [2.05, 4.69) is 11.9 Å². The summed E-state index contributed by atoms with van der Waals surface area (Å²) in [5.74, 6) is -3.61. The van der Waals surface area contributed by atoms with Crippen LogP contribution in [0, 0.1) is 0 Å². The summed E-state index contributed by atoms with van der Waals surface area (Å²) in [6.45, 7) is 3.13. The van der Waals surface area contributed by atoms with E-state index in [4.69, 9.17) is 38.4 Å². The third-order valence-corrected chi connectivity index (χ3v) is 3.48. The van der Waals surface area contributed by atoms with Crippen LogP contribution in [-0.2, 0) is 19.1 Å². The van der Waals surface area contributed by atoms with Crippen LogP contribution in [0.4, 0.5) is 0 Å². The minimum Gasteiger partial charge on any atom is -0.390 e. The van der Waals surface area contributed by atoms with E-state index in [-0.39, 0.29) is 19.6 Å². The zero-order valence-electron chi connectivity index (χ0n) is 11.6. The van der Waals surface area contributed by atoms with Crippen molar-refractivity contribution in [1.29, 1.82) is 0 Å². The number of primary amides is 1. The molecule has 0 bridgehead atoms. The first-order valence-electron chi connectivity index (χ1n) is 6.38. The molecule has 10 heteroatoms. The average molecular weight is 357 g/mol. The third kappa shape index (κ3) is 4.55. The van der Waals surface area contributed by atoms with Gasteiger partial charge in [0.1, 0.15) is 12.2 Å². The number of rotatable bonds is 7. The van der Waals surface area contributed by atoms with Gasteiger partial charge in [-0.05, 0) is 0 Å². The van der Waals surface area contributed by atoms with E-state index in [1.807, 2.05) is 0 Å². The molecular formula is C12H18Cl2N2O6. The molecule has 2 amide bonds. The van der Waals surface area contributed by atoms with Crippen LogP contribution < -0.4 is 11.1 Å². The Hall–Kier alpha value is -0.900. The highest BCUT2D eigenvalue weighted by molar-refractivity contribution is 6.53. The predicted octanol–water partition coefficient (Wildman–Crippen LogP) is -1.20. The van der Waals surface area contributed by atoms with Crippen LogP contribution in [0.15, 0.2) is 12.7 Å². The Labute approximate surface area is 137 Å². The Morgan fingerprint density at radius 1 is 1.55 bits per heavy atom. The maximum absolute atomic E-state index is 11.6. The van der Waals surface area contributed by atoms with Gasteiger partial charge in [-0.15, -0.1) is 6.58 Å². The van der Waals surface area contributed by atoms with Crippen molar-refractivity contribution >= 4 is 35.0 Å². The second-order valence-corrected chi connectivity index (χ2v) is 5.78. The summed E-state index contributed by atoms with van der Waals surface area (Å²) >= 11 is 10.8. The van der Waals surface area contributed by atoms with Crippen LogP contribution >= 0.6 is 23.2 Å². The number of nitrogens with two attached hydrogens (primary N) is 1. The van der Waals surface area contributed by atoms with Crippen molar-refractivity contribution in [3.05, 3.63) is 12.7 Å². The Morgan fingerprint density at radius 3 is 2.68 bits per heavy atom. The maximum Gasteiger partial charge on any atom is 0.277 e. The second kappa shape index (κ2) is 8.09. The minimum absolute atomic E-state index is 0.0593. The van der Waals surface area contributed by atoms with Crippen LogP contribution in [0.1, 0.15) is 6.42 Å². The first-order valence-corrected chi connectivity index (χ1v) is 7.25. The first kappa shape index (κ1) is 19.1. The van der Waals surface area contributed by atoms with E-state index >= 15 is 0 Å². The number of hydrogen-bond donors (Lipinski definition) is 4. The highest BCUT2D eigenvalue weighted by atomic mass is 35.5. The third-order valence-electron chi connectivity index (χ3n) is 3.08. The zero-order valence-corrected chi connectivity index (χ0v) is 13.1. The van der Waals surface area contributed by atoms with E-state index < -0.39 is 40.7 Å². The molecule has 1 saturated heterocycles. The molecule has 22 heavy (non-hydrogen) atoms. The van der Waals surface area contributed by atoms with Gasteiger partial charge >= 0.3 is 0 Å². The number of hydrogen-bond acceptors (Lipinski definition) is 6. The zero-order chi connectivity index (χ0) is 16.9. The van der Waals surface area contributed by atoms with E-state index in [9.17, 15) is 19.8 Å². The molecule has 0 aromatic heterocycles. The fraction of sp³-hybridized carbons (Fsp3) is 0.667. The Balaban J connectivity index is 2.84. The number of amides is 2. The molecule has 1 rings (SSSR count). The van der Waals surface area contributed by atoms with Gasteiger partial charge in [0.25, 0.3) is 17.6 Å². The van der Waals surface area contributed by atoms with Gasteiger partial charge in [0.05, 0.1) is 12.7 Å². The lowest BCUT2D eigenvalue weighted by atomic mass is 9.94. The summed E-state index contributed by atoms with van der Waals surface area (Å²) in [7, 11) is 0. The smallest absolute Gasteiger partial charge is 0.277 e. The van der Waals surface area contributed by atoms with Gasteiger partial charge in [-0.3, -0.25) is 9.59 Å². The van der Waals surface area contributed by atoms with E-state index in [1.54, 1.807) is 0 Å². The number of nitrogens with one attached hydrogen (secondary N) is 1. The second-order valence-electron chi connectivity index (χ2n) is 4.68. The van der Waals surface area contributed by atoms with Gasteiger partial charge in [-0.1, -0.05) is 29.3 Å². The summed E-state index contributed by atoms with van der Waals surface area (Å²) < 4.78 is 10.6.